The van der Waals surface area contributed by atoms with Gasteiger partial charge in [-0.2, -0.15) is 0 Å². The quantitative estimate of drug-likeness (QED) is 0.656. The third kappa shape index (κ3) is 4.66. The molecule has 7 heteroatoms. The molecule has 0 spiro atoms. The fraction of sp³-hybridized carbons (Fsp3) is 0.333. The molecule has 0 saturated carbocycles. The highest BCUT2D eigenvalue weighted by molar-refractivity contribution is 6.01. The van der Waals surface area contributed by atoms with Crippen molar-refractivity contribution in [2.45, 2.75) is 26.1 Å². The number of ether oxygens (including phenoxy) is 2. The number of nitrogens with one attached hydrogen (secondary N) is 1. The number of fused-ring (bicyclic) bond motifs is 1. The van der Waals surface area contributed by atoms with Crippen LogP contribution in [0.1, 0.15) is 35.9 Å². The number of nitrogens with zero attached hydrogens (tertiary/aromatic N) is 2. The van der Waals surface area contributed by atoms with Crippen LogP contribution in [0.15, 0.2) is 55.1 Å². The molecule has 3 rings (SSSR count). The molecule has 1 aliphatic rings. The van der Waals surface area contributed by atoms with E-state index in [-0.39, 0.29) is 11.8 Å². The lowest BCUT2D eigenvalue weighted by Crippen LogP contribution is -2.43. The minimum absolute atomic E-state index is 0.0669. The Labute approximate surface area is 183 Å². The molecule has 0 saturated heterocycles. The molecule has 164 valence electrons. The molecule has 2 aromatic carbocycles. The van der Waals surface area contributed by atoms with Crippen molar-refractivity contribution in [2.75, 3.05) is 32.6 Å². The van der Waals surface area contributed by atoms with Crippen molar-refractivity contribution < 1.29 is 19.1 Å². The molecule has 0 aliphatic carbocycles. The summed E-state index contributed by atoms with van der Waals surface area (Å²) in [4.78, 5) is 28.5. The van der Waals surface area contributed by atoms with Crippen LogP contribution in [0.5, 0.6) is 11.5 Å². The Hall–Kier alpha value is -3.48. The highest BCUT2D eigenvalue weighted by Gasteiger charge is 2.32. The Morgan fingerprint density at radius 2 is 2.00 bits per heavy atom. The van der Waals surface area contributed by atoms with Gasteiger partial charge in [-0.1, -0.05) is 24.3 Å². The average molecular weight is 424 g/mol. The van der Waals surface area contributed by atoms with Gasteiger partial charge < -0.3 is 24.6 Å². The van der Waals surface area contributed by atoms with Crippen molar-refractivity contribution in [3.8, 4) is 11.5 Å². The zero-order chi connectivity index (χ0) is 22.5. The third-order valence-corrected chi connectivity index (χ3v) is 5.02. The lowest BCUT2D eigenvalue weighted by molar-refractivity contribution is -0.135. The number of anilines is 1. The van der Waals surface area contributed by atoms with Crippen molar-refractivity contribution in [3.63, 3.8) is 0 Å². The van der Waals surface area contributed by atoms with Crippen molar-refractivity contribution in [1.82, 2.24) is 9.80 Å². The molecule has 0 fully saturated rings. The first-order valence-electron chi connectivity index (χ1n) is 10.3. The second-order valence-electron chi connectivity index (χ2n) is 7.47. The number of rotatable bonds is 8. The molecule has 1 heterocycles. The zero-order valence-electron chi connectivity index (χ0n) is 18.4. The summed E-state index contributed by atoms with van der Waals surface area (Å²) in [5, 5.41) is 3.44. The monoisotopic (exact) mass is 423 g/mol. The van der Waals surface area contributed by atoms with Crippen molar-refractivity contribution >= 4 is 17.5 Å². The van der Waals surface area contributed by atoms with Crippen LogP contribution in [-0.2, 0) is 4.79 Å². The van der Waals surface area contributed by atoms with Gasteiger partial charge in [-0.15, -0.1) is 6.58 Å². The fourth-order valence-corrected chi connectivity index (χ4v) is 3.55. The van der Waals surface area contributed by atoms with Crippen molar-refractivity contribution in [1.29, 1.82) is 0 Å². The maximum Gasteiger partial charge on any atom is 0.262 e. The summed E-state index contributed by atoms with van der Waals surface area (Å²) in [6, 6.07) is 12.9. The summed E-state index contributed by atoms with van der Waals surface area (Å²) in [6.45, 7) is 8.21. The van der Waals surface area contributed by atoms with Crippen LogP contribution in [0.4, 0.5) is 5.69 Å². The van der Waals surface area contributed by atoms with E-state index in [1.54, 1.807) is 38.1 Å². The molecule has 2 atom stereocenters. The van der Waals surface area contributed by atoms with E-state index in [4.69, 9.17) is 9.47 Å². The molecular formula is C24H29N3O4. The van der Waals surface area contributed by atoms with Gasteiger partial charge >= 0.3 is 0 Å². The predicted octanol–water partition coefficient (Wildman–Crippen LogP) is 3.69. The Morgan fingerprint density at radius 3 is 2.68 bits per heavy atom. The highest BCUT2D eigenvalue weighted by Crippen LogP contribution is 2.37. The predicted molar refractivity (Wildman–Crippen MR) is 120 cm³/mol. The average Bonchev–Trinajstić information content (AvgIpc) is 2.76. The number of benzene rings is 2. The van der Waals surface area contributed by atoms with E-state index in [0.717, 1.165) is 11.3 Å². The van der Waals surface area contributed by atoms with Crippen LogP contribution in [0.2, 0.25) is 0 Å². The molecular weight excluding hydrogens is 394 g/mol. The molecule has 0 radical (unpaired) electrons. The number of likely N-dealkylation sites (N-methyl/N-ethyl adjacent to an activating group) is 1. The second kappa shape index (κ2) is 9.55. The minimum Gasteiger partial charge on any atom is -0.490 e. The molecule has 1 aliphatic heterocycles. The molecule has 0 aromatic heterocycles. The van der Waals surface area contributed by atoms with E-state index >= 15 is 0 Å². The molecule has 2 aromatic rings. The Balaban J connectivity index is 1.96. The van der Waals surface area contributed by atoms with E-state index in [1.165, 1.54) is 4.90 Å². The zero-order valence-corrected chi connectivity index (χ0v) is 18.4. The van der Waals surface area contributed by atoms with E-state index in [1.807, 2.05) is 43.3 Å². The van der Waals surface area contributed by atoms with Gasteiger partial charge in [-0.25, -0.2) is 0 Å². The Kier molecular flexibility index (Phi) is 6.84. The van der Waals surface area contributed by atoms with Crippen LogP contribution in [0, 0.1) is 0 Å². The number of carbonyl (C=O) groups excluding carboxylic acids is 2. The lowest BCUT2D eigenvalue weighted by atomic mass is 10.0. The summed E-state index contributed by atoms with van der Waals surface area (Å²) in [7, 11) is 3.37. The van der Waals surface area contributed by atoms with E-state index in [0.29, 0.717) is 30.2 Å². The summed E-state index contributed by atoms with van der Waals surface area (Å²) in [6.07, 6.45) is 0.656. The van der Waals surface area contributed by atoms with Gasteiger partial charge in [0, 0.05) is 26.3 Å². The topological polar surface area (TPSA) is 71.1 Å². The molecule has 0 bridgehead atoms. The SMILES string of the molecule is C=CCN1C(=O)c2ccccc2N[C@@H]1c1ccc(O[C@@H](C)C(=O)N(C)C)c(OCC)c1. The van der Waals surface area contributed by atoms with Crippen LogP contribution in [-0.4, -0.2) is 55.0 Å². The normalized spacial score (nSPS) is 16.1. The Morgan fingerprint density at radius 1 is 1.26 bits per heavy atom. The molecule has 2 amide bonds. The fourth-order valence-electron chi connectivity index (χ4n) is 3.55. The molecule has 31 heavy (non-hydrogen) atoms. The first-order chi connectivity index (χ1) is 14.9. The van der Waals surface area contributed by atoms with E-state index < -0.39 is 12.3 Å². The van der Waals surface area contributed by atoms with E-state index in [9.17, 15) is 9.59 Å². The lowest BCUT2D eigenvalue weighted by Gasteiger charge is -2.37. The summed E-state index contributed by atoms with van der Waals surface area (Å²) < 4.78 is 11.7. The van der Waals surface area contributed by atoms with Gasteiger partial charge in [0.1, 0.15) is 6.17 Å². The number of hydrogen-bond donors (Lipinski definition) is 1. The maximum atomic E-state index is 13.1. The summed E-state index contributed by atoms with van der Waals surface area (Å²) in [5.41, 5.74) is 2.25. The maximum absolute atomic E-state index is 13.1. The highest BCUT2D eigenvalue weighted by atomic mass is 16.5. The van der Waals surface area contributed by atoms with Crippen LogP contribution >= 0.6 is 0 Å². The molecule has 1 N–H and O–H groups in total. The van der Waals surface area contributed by atoms with Crippen LogP contribution < -0.4 is 14.8 Å². The summed E-state index contributed by atoms with van der Waals surface area (Å²) >= 11 is 0. The Bertz CT molecular complexity index is 973. The molecule has 7 nitrogen and oxygen atoms in total. The van der Waals surface area contributed by atoms with Gasteiger partial charge in [-0.05, 0) is 43.7 Å². The first kappa shape index (κ1) is 22.2. The van der Waals surface area contributed by atoms with Gasteiger partial charge in [-0.3, -0.25) is 9.59 Å². The number of carbonyl (C=O) groups is 2. The standard InChI is InChI=1S/C24H29N3O4/c1-6-14-27-22(25-19-11-9-8-10-18(19)24(27)29)17-12-13-20(21(15-17)30-7-2)31-16(3)23(28)26(4)5/h6,8-13,15-16,22,25H,1,7,14H2,2-5H3/t16-,22-/m0/s1. The molecule has 0 unspecified atom stereocenters. The van der Waals surface area contributed by atoms with E-state index in [2.05, 4.69) is 11.9 Å². The van der Waals surface area contributed by atoms with Crippen molar-refractivity contribution in [2.24, 2.45) is 0 Å². The van der Waals surface area contributed by atoms with Gasteiger partial charge in [0.25, 0.3) is 11.8 Å². The number of para-hydroxylation sites is 1. The van der Waals surface area contributed by atoms with Gasteiger partial charge in [0.05, 0.1) is 12.2 Å². The number of hydrogen-bond acceptors (Lipinski definition) is 5. The van der Waals surface area contributed by atoms with Crippen molar-refractivity contribution in [3.05, 3.63) is 66.2 Å². The second-order valence-corrected chi connectivity index (χ2v) is 7.47. The third-order valence-electron chi connectivity index (χ3n) is 5.02. The largest absolute Gasteiger partial charge is 0.490 e. The summed E-state index contributed by atoms with van der Waals surface area (Å²) in [5.74, 6) is 0.791. The van der Waals surface area contributed by atoms with Gasteiger partial charge in [0.15, 0.2) is 17.6 Å². The number of amides is 2. The first-order valence-corrected chi connectivity index (χ1v) is 10.3. The minimum atomic E-state index is -0.654. The van der Waals surface area contributed by atoms with Gasteiger partial charge in [0.2, 0.25) is 0 Å². The smallest absolute Gasteiger partial charge is 0.262 e. The van der Waals surface area contributed by atoms with Crippen LogP contribution in [0.25, 0.3) is 0 Å². The van der Waals surface area contributed by atoms with Crippen LogP contribution in [0.3, 0.4) is 0 Å².